The normalized spacial score (nSPS) is 11.8. The molecule has 108 valence electrons. The summed E-state index contributed by atoms with van der Waals surface area (Å²) in [5, 5.41) is 0. The van der Waals surface area contributed by atoms with Crippen molar-refractivity contribution in [2.75, 3.05) is 0 Å². The molecule has 3 nitrogen and oxygen atoms in total. The molecule has 2 aromatic carbocycles. The van der Waals surface area contributed by atoms with E-state index < -0.39 is 12.1 Å². The zero-order valence-electron chi connectivity index (χ0n) is 11.8. The molecule has 4 heteroatoms. The lowest BCUT2D eigenvalue weighted by Gasteiger charge is -2.12. The SMILES string of the molecule is Cc1ccc(C(=O)[C@H](C)OC(=O)c2ccc(I)cc2)cc1. The molecule has 0 unspecified atom stereocenters. The van der Waals surface area contributed by atoms with E-state index in [1.165, 1.54) is 0 Å². The van der Waals surface area contributed by atoms with Crippen molar-refractivity contribution in [2.24, 2.45) is 0 Å². The quantitative estimate of drug-likeness (QED) is 0.447. The molecule has 0 N–H and O–H groups in total. The molecule has 1 atom stereocenters. The van der Waals surface area contributed by atoms with E-state index in [1.54, 1.807) is 31.2 Å². The van der Waals surface area contributed by atoms with Gasteiger partial charge in [-0.3, -0.25) is 4.79 Å². The number of carbonyl (C=O) groups excluding carboxylic acids is 2. The fraction of sp³-hybridized carbons (Fsp3) is 0.176. The first-order valence-corrected chi connectivity index (χ1v) is 7.62. The Hall–Kier alpha value is -1.69. The predicted molar refractivity (Wildman–Crippen MR) is 89.5 cm³/mol. The Morgan fingerprint density at radius 1 is 0.952 bits per heavy atom. The average Bonchev–Trinajstić information content (AvgIpc) is 2.47. The van der Waals surface area contributed by atoms with Crippen LogP contribution in [0.3, 0.4) is 0 Å². The summed E-state index contributed by atoms with van der Waals surface area (Å²) in [6.07, 6.45) is -0.806. The van der Waals surface area contributed by atoms with Crippen LogP contribution in [0.15, 0.2) is 48.5 Å². The summed E-state index contributed by atoms with van der Waals surface area (Å²) in [6.45, 7) is 3.54. The number of halogens is 1. The number of hydrogen-bond acceptors (Lipinski definition) is 3. The van der Waals surface area contributed by atoms with E-state index in [0.717, 1.165) is 9.13 Å². The smallest absolute Gasteiger partial charge is 0.338 e. The van der Waals surface area contributed by atoms with Crippen molar-refractivity contribution in [3.05, 3.63) is 68.8 Å². The highest BCUT2D eigenvalue weighted by Gasteiger charge is 2.20. The zero-order valence-corrected chi connectivity index (χ0v) is 14.0. The number of Topliss-reactive ketones (excluding diaryl/α,β-unsaturated/α-hetero) is 1. The van der Waals surface area contributed by atoms with Crippen molar-refractivity contribution < 1.29 is 14.3 Å². The largest absolute Gasteiger partial charge is 0.451 e. The van der Waals surface area contributed by atoms with Gasteiger partial charge in [-0.05, 0) is 60.7 Å². The molecule has 0 radical (unpaired) electrons. The number of aryl methyl sites for hydroxylation is 1. The first kappa shape index (κ1) is 15.7. The van der Waals surface area contributed by atoms with Crippen LogP contribution < -0.4 is 0 Å². The van der Waals surface area contributed by atoms with E-state index in [1.807, 2.05) is 31.2 Å². The maximum atomic E-state index is 12.2. The van der Waals surface area contributed by atoms with Crippen LogP contribution in [0.4, 0.5) is 0 Å². The first-order valence-electron chi connectivity index (χ1n) is 6.55. The number of ketones is 1. The lowest BCUT2D eigenvalue weighted by atomic mass is 10.1. The van der Waals surface area contributed by atoms with Gasteiger partial charge < -0.3 is 4.74 Å². The maximum Gasteiger partial charge on any atom is 0.338 e. The number of carbonyl (C=O) groups is 2. The van der Waals surface area contributed by atoms with Crippen molar-refractivity contribution in [2.45, 2.75) is 20.0 Å². The van der Waals surface area contributed by atoms with Crippen LogP contribution in [0.1, 0.15) is 33.2 Å². The minimum Gasteiger partial charge on any atom is -0.451 e. The van der Waals surface area contributed by atoms with Gasteiger partial charge in [0.2, 0.25) is 5.78 Å². The highest BCUT2D eigenvalue weighted by Crippen LogP contribution is 2.12. The Kier molecular flexibility index (Phi) is 5.12. The molecule has 0 heterocycles. The fourth-order valence-corrected chi connectivity index (χ4v) is 2.18. The second-order valence-corrected chi connectivity index (χ2v) is 6.03. The van der Waals surface area contributed by atoms with Crippen molar-refractivity contribution in [1.29, 1.82) is 0 Å². The number of benzene rings is 2. The van der Waals surface area contributed by atoms with Gasteiger partial charge in [0.25, 0.3) is 0 Å². The molecule has 2 aromatic rings. The third kappa shape index (κ3) is 4.14. The van der Waals surface area contributed by atoms with Gasteiger partial charge in [0.05, 0.1) is 5.56 Å². The number of rotatable bonds is 4. The summed E-state index contributed by atoms with van der Waals surface area (Å²) in [5.41, 5.74) is 2.07. The van der Waals surface area contributed by atoms with Gasteiger partial charge in [0.1, 0.15) is 0 Å². The monoisotopic (exact) mass is 394 g/mol. The Labute approximate surface area is 137 Å². The third-order valence-corrected chi connectivity index (χ3v) is 3.79. The maximum absolute atomic E-state index is 12.2. The minimum atomic E-state index is -0.806. The predicted octanol–water partition coefficient (Wildman–Crippen LogP) is 4.03. The summed E-state index contributed by atoms with van der Waals surface area (Å²) in [5.74, 6) is -0.687. The van der Waals surface area contributed by atoms with Crippen molar-refractivity contribution in [3.8, 4) is 0 Å². The van der Waals surface area contributed by atoms with Gasteiger partial charge >= 0.3 is 5.97 Å². The van der Waals surface area contributed by atoms with E-state index in [0.29, 0.717) is 11.1 Å². The molecule has 2 rings (SSSR count). The van der Waals surface area contributed by atoms with E-state index in [2.05, 4.69) is 22.6 Å². The molecular formula is C17H15IO3. The summed E-state index contributed by atoms with van der Waals surface area (Å²) in [6, 6.07) is 14.2. The molecule has 0 saturated heterocycles. The molecule has 0 aliphatic heterocycles. The van der Waals surface area contributed by atoms with Crippen LogP contribution in [0.5, 0.6) is 0 Å². The van der Waals surface area contributed by atoms with Gasteiger partial charge in [-0.25, -0.2) is 4.79 Å². The van der Waals surface area contributed by atoms with Crippen molar-refractivity contribution in [1.82, 2.24) is 0 Å². The molecule has 0 fully saturated rings. The number of esters is 1. The molecule has 0 saturated carbocycles. The molecule has 0 spiro atoms. The average molecular weight is 394 g/mol. The van der Waals surface area contributed by atoms with Crippen LogP contribution in [-0.4, -0.2) is 17.9 Å². The van der Waals surface area contributed by atoms with Gasteiger partial charge in [-0.15, -0.1) is 0 Å². The highest BCUT2D eigenvalue weighted by atomic mass is 127. The lowest BCUT2D eigenvalue weighted by molar-refractivity contribution is 0.0319. The van der Waals surface area contributed by atoms with E-state index in [-0.39, 0.29) is 5.78 Å². The second-order valence-electron chi connectivity index (χ2n) is 4.78. The second kappa shape index (κ2) is 6.85. The minimum absolute atomic E-state index is 0.200. The number of ether oxygens (including phenoxy) is 1. The van der Waals surface area contributed by atoms with Crippen LogP contribution >= 0.6 is 22.6 Å². The molecule has 0 aromatic heterocycles. The highest BCUT2D eigenvalue weighted by molar-refractivity contribution is 14.1. The van der Waals surface area contributed by atoms with E-state index in [4.69, 9.17) is 4.74 Å². The summed E-state index contributed by atoms with van der Waals surface area (Å²) in [4.78, 5) is 24.2. The van der Waals surface area contributed by atoms with Gasteiger partial charge in [0, 0.05) is 9.13 Å². The fourth-order valence-electron chi connectivity index (χ4n) is 1.82. The summed E-state index contributed by atoms with van der Waals surface area (Å²) < 4.78 is 6.27. The lowest BCUT2D eigenvalue weighted by Crippen LogP contribution is -2.24. The third-order valence-electron chi connectivity index (χ3n) is 3.07. The molecule has 0 amide bonds. The van der Waals surface area contributed by atoms with Gasteiger partial charge in [-0.2, -0.15) is 0 Å². The first-order chi connectivity index (χ1) is 9.97. The van der Waals surface area contributed by atoms with Crippen molar-refractivity contribution in [3.63, 3.8) is 0 Å². The standard InChI is InChI=1S/C17H15IO3/c1-11-3-5-13(6-4-11)16(19)12(2)21-17(20)14-7-9-15(18)10-8-14/h3-10,12H,1-2H3/t12-/m0/s1. The molecule has 21 heavy (non-hydrogen) atoms. The van der Waals surface area contributed by atoms with E-state index >= 15 is 0 Å². The summed E-state index contributed by atoms with van der Waals surface area (Å²) in [7, 11) is 0. The Morgan fingerprint density at radius 3 is 2.05 bits per heavy atom. The van der Waals surface area contributed by atoms with Gasteiger partial charge in [-0.1, -0.05) is 29.8 Å². The zero-order chi connectivity index (χ0) is 15.4. The Balaban J connectivity index is 2.05. The number of hydrogen-bond donors (Lipinski definition) is 0. The van der Waals surface area contributed by atoms with Crippen LogP contribution in [0, 0.1) is 10.5 Å². The topological polar surface area (TPSA) is 43.4 Å². The van der Waals surface area contributed by atoms with Gasteiger partial charge in [0.15, 0.2) is 6.10 Å². The van der Waals surface area contributed by atoms with Crippen molar-refractivity contribution >= 4 is 34.3 Å². The molecular weight excluding hydrogens is 379 g/mol. The summed E-state index contributed by atoms with van der Waals surface area (Å²) >= 11 is 2.16. The van der Waals surface area contributed by atoms with E-state index in [9.17, 15) is 9.59 Å². The Bertz CT molecular complexity index is 645. The Morgan fingerprint density at radius 2 is 1.48 bits per heavy atom. The molecule has 0 bridgehead atoms. The van der Waals surface area contributed by atoms with Crippen LogP contribution in [0.2, 0.25) is 0 Å². The molecule has 0 aliphatic rings. The van der Waals surface area contributed by atoms with Crippen LogP contribution in [-0.2, 0) is 4.74 Å². The van der Waals surface area contributed by atoms with Crippen LogP contribution in [0.25, 0.3) is 0 Å². The molecule has 0 aliphatic carbocycles.